The molecule has 1 N–H and O–H groups in total. The van der Waals surface area contributed by atoms with Crippen LogP contribution in [0.15, 0.2) is 54.6 Å². The van der Waals surface area contributed by atoms with E-state index < -0.39 is 5.97 Å². The lowest BCUT2D eigenvalue weighted by molar-refractivity contribution is 0.0601. The zero-order valence-electron chi connectivity index (χ0n) is 19.6. The van der Waals surface area contributed by atoms with E-state index in [1.165, 1.54) is 18.4 Å². The molecule has 0 saturated carbocycles. The van der Waals surface area contributed by atoms with E-state index in [2.05, 4.69) is 5.32 Å². The molecule has 0 spiro atoms. The molecular formula is C27H26N2O4S. The summed E-state index contributed by atoms with van der Waals surface area (Å²) in [5.41, 5.74) is 4.00. The Balaban J connectivity index is 1.80. The minimum Gasteiger partial charge on any atom is -0.494 e. The summed E-state index contributed by atoms with van der Waals surface area (Å²) in [5, 5.41) is 4.19. The lowest BCUT2D eigenvalue weighted by Crippen LogP contribution is -2.15. The first-order valence-electron chi connectivity index (χ1n) is 11.1. The third-order valence-electron chi connectivity index (χ3n) is 5.58. The number of nitrogens with zero attached hydrogens (tertiary/aromatic N) is 1. The van der Waals surface area contributed by atoms with E-state index in [9.17, 15) is 9.59 Å². The van der Waals surface area contributed by atoms with E-state index in [4.69, 9.17) is 14.5 Å². The van der Waals surface area contributed by atoms with E-state index in [1.54, 1.807) is 6.07 Å². The van der Waals surface area contributed by atoms with Crippen LogP contribution in [-0.2, 0) is 11.2 Å². The van der Waals surface area contributed by atoms with Crippen LogP contribution >= 0.6 is 11.3 Å². The summed E-state index contributed by atoms with van der Waals surface area (Å²) in [5.74, 6) is -0.0239. The van der Waals surface area contributed by atoms with Gasteiger partial charge in [0.05, 0.1) is 36.1 Å². The number of aryl methyl sites for hydroxylation is 1. The highest BCUT2D eigenvalue weighted by molar-refractivity contribution is 7.16. The molecule has 0 saturated heterocycles. The number of thiophene rings is 1. The number of carbonyl (C=O) groups is 2. The predicted molar refractivity (Wildman–Crippen MR) is 136 cm³/mol. The molecule has 7 heteroatoms. The van der Waals surface area contributed by atoms with Crippen molar-refractivity contribution in [1.82, 2.24) is 4.98 Å². The van der Waals surface area contributed by atoms with Crippen LogP contribution in [0.2, 0.25) is 0 Å². The zero-order chi connectivity index (χ0) is 24.2. The van der Waals surface area contributed by atoms with Crippen molar-refractivity contribution in [2.75, 3.05) is 19.0 Å². The third kappa shape index (κ3) is 4.52. The van der Waals surface area contributed by atoms with Crippen LogP contribution in [0.1, 0.15) is 45.0 Å². The van der Waals surface area contributed by atoms with Gasteiger partial charge in [-0.2, -0.15) is 0 Å². The van der Waals surface area contributed by atoms with Crippen molar-refractivity contribution in [2.45, 2.75) is 27.2 Å². The number of aromatic nitrogens is 1. The van der Waals surface area contributed by atoms with Crippen LogP contribution in [0, 0.1) is 6.92 Å². The van der Waals surface area contributed by atoms with Gasteiger partial charge in [0.1, 0.15) is 10.8 Å². The number of hydrogen-bond acceptors (Lipinski definition) is 6. The molecule has 2 heterocycles. The molecule has 0 bridgehead atoms. The van der Waals surface area contributed by atoms with Gasteiger partial charge in [-0.3, -0.25) is 4.79 Å². The van der Waals surface area contributed by atoms with Crippen molar-refractivity contribution in [3.05, 3.63) is 76.2 Å². The summed E-state index contributed by atoms with van der Waals surface area (Å²) >= 11 is 1.38. The second-order valence-corrected chi connectivity index (χ2v) is 8.90. The largest absolute Gasteiger partial charge is 0.494 e. The normalized spacial score (nSPS) is 10.8. The fourth-order valence-corrected chi connectivity index (χ4v) is 5.13. The van der Waals surface area contributed by atoms with Crippen molar-refractivity contribution in [1.29, 1.82) is 0 Å². The lowest BCUT2D eigenvalue weighted by Gasteiger charge is -2.12. The monoisotopic (exact) mass is 474 g/mol. The molecule has 2 aromatic carbocycles. The summed E-state index contributed by atoms with van der Waals surface area (Å²) in [6.07, 6.45) is 0.668. The van der Waals surface area contributed by atoms with Gasteiger partial charge >= 0.3 is 5.97 Å². The number of para-hydroxylation sites is 1. The lowest BCUT2D eigenvalue weighted by atomic mass is 10.0. The highest BCUT2D eigenvalue weighted by Gasteiger charge is 2.24. The average molecular weight is 475 g/mol. The minimum atomic E-state index is -0.454. The van der Waals surface area contributed by atoms with Gasteiger partial charge in [-0.15, -0.1) is 11.3 Å². The van der Waals surface area contributed by atoms with E-state index >= 15 is 0 Å². The molecule has 0 aliphatic heterocycles. The van der Waals surface area contributed by atoms with Crippen LogP contribution in [0.4, 0.5) is 5.00 Å². The number of rotatable bonds is 7. The molecule has 0 unspecified atom stereocenters. The summed E-state index contributed by atoms with van der Waals surface area (Å²) in [6, 6.07) is 16.9. The Kier molecular flexibility index (Phi) is 6.93. The van der Waals surface area contributed by atoms with Gasteiger partial charge in [-0.25, -0.2) is 9.78 Å². The molecule has 6 nitrogen and oxygen atoms in total. The van der Waals surface area contributed by atoms with Crippen LogP contribution in [0.3, 0.4) is 0 Å². The van der Waals surface area contributed by atoms with E-state index in [-0.39, 0.29) is 5.91 Å². The molecular weight excluding hydrogens is 448 g/mol. The first-order chi connectivity index (χ1) is 16.5. The van der Waals surface area contributed by atoms with Gasteiger partial charge in [-0.05, 0) is 50.1 Å². The number of pyridine rings is 1. The zero-order valence-corrected chi connectivity index (χ0v) is 20.4. The Morgan fingerprint density at radius 1 is 1.06 bits per heavy atom. The number of esters is 1. The Bertz CT molecular complexity index is 1380. The van der Waals surface area contributed by atoms with Gasteiger partial charge in [0, 0.05) is 15.8 Å². The molecule has 0 fully saturated rings. The molecule has 0 atom stereocenters. The van der Waals surface area contributed by atoms with Crippen LogP contribution in [0.5, 0.6) is 5.75 Å². The second-order valence-electron chi connectivity index (χ2n) is 7.67. The number of methoxy groups -OCH3 is 1. The number of benzene rings is 2. The summed E-state index contributed by atoms with van der Waals surface area (Å²) in [6.45, 7) is 6.41. The number of anilines is 1. The van der Waals surface area contributed by atoms with Crippen molar-refractivity contribution in [3.8, 4) is 17.0 Å². The van der Waals surface area contributed by atoms with Crippen LogP contribution < -0.4 is 10.1 Å². The fourth-order valence-electron chi connectivity index (χ4n) is 4.00. The van der Waals surface area contributed by atoms with Gasteiger partial charge in [0.25, 0.3) is 5.91 Å². The first kappa shape index (κ1) is 23.4. The SMILES string of the molecule is CCOc1cccc(-c2cc(C(=O)Nc3sc(C)c(CC)c3C(=O)OC)c3ccccc3n2)c1. The molecule has 0 radical (unpaired) electrons. The molecule has 0 aliphatic rings. The first-order valence-corrected chi connectivity index (χ1v) is 11.9. The number of ether oxygens (including phenoxy) is 2. The molecule has 4 rings (SSSR count). The third-order valence-corrected chi connectivity index (χ3v) is 6.64. The summed E-state index contributed by atoms with van der Waals surface area (Å²) in [4.78, 5) is 31.8. The topological polar surface area (TPSA) is 77.5 Å². The van der Waals surface area contributed by atoms with Crippen LogP contribution in [0.25, 0.3) is 22.2 Å². The Labute approximate surface area is 202 Å². The fraction of sp³-hybridized carbons (Fsp3) is 0.222. The second kappa shape index (κ2) is 10.1. The highest BCUT2D eigenvalue weighted by Crippen LogP contribution is 2.35. The maximum Gasteiger partial charge on any atom is 0.341 e. The van der Waals surface area contributed by atoms with Crippen molar-refractivity contribution in [2.24, 2.45) is 0 Å². The standard InChI is InChI=1S/C27H26N2O4S/c1-5-19-16(3)34-26(24(19)27(31)32-4)29-25(30)21-15-23(28-22-13-8-7-12-20(21)22)17-10-9-11-18(14-17)33-6-2/h7-15H,5-6H2,1-4H3,(H,29,30). The molecule has 1 amide bonds. The smallest absolute Gasteiger partial charge is 0.341 e. The van der Waals surface area contributed by atoms with E-state index in [1.807, 2.05) is 69.3 Å². The Morgan fingerprint density at radius 2 is 1.85 bits per heavy atom. The summed E-state index contributed by atoms with van der Waals surface area (Å²) < 4.78 is 10.6. The number of hydrogen-bond donors (Lipinski definition) is 1. The number of nitrogens with one attached hydrogen (secondary N) is 1. The van der Waals surface area contributed by atoms with Gasteiger partial charge in [0.2, 0.25) is 0 Å². The minimum absolute atomic E-state index is 0.310. The van der Waals surface area contributed by atoms with Gasteiger partial charge < -0.3 is 14.8 Å². The number of amides is 1. The van der Waals surface area contributed by atoms with Gasteiger partial charge in [0.15, 0.2) is 0 Å². The summed E-state index contributed by atoms with van der Waals surface area (Å²) in [7, 11) is 1.35. The molecule has 34 heavy (non-hydrogen) atoms. The number of carbonyl (C=O) groups excluding carboxylic acids is 2. The number of fused-ring (bicyclic) bond motifs is 1. The quantitative estimate of drug-likeness (QED) is 0.319. The molecule has 4 aromatic rings. The predicted octanol–water partition coefficient (Wildman–Crippen LogP) is 6.27. The Morgan fingerprint density at radius 3 is 2.59 bits per heavy atom. The molecule has 174 valence electrons. The van der Waals surface area contributed by atoms with Crippen molar-refractivity contribution >= 4 is 39.1 Å². The highest BCUT2D eigenvalue weighted by atomic mass is 32.1. The molecule has 2 aromatic heterocycles. The van der Waals surface area contributed by atoms with Gasteiger partial charge in [-0.1, -0.05) is 37.3 Å². The van der Waals surface area contributed by atoms with Crippen LogP contribution in [-0.4, -0.2) is 30.6 Å². The van der Waals surface area contributed by atoms with Crippen molar-refractivity contribution in [3.63, 3.8) is 0 Å². The maximum absolute atomic E-state index is 13.5. The molecule has 0 aliphatic carbocycles. The van der Waals surface area contributed by atoms with E-state index in [0.717, 1.165) is 27.1 Å². The van der Waals surface area contributed by atoms with Crippen molar-refractivity contribution < 1.29 is 19.1 Å². The maximum atomic E-state index is 13.5. The van der Waals surface area contributed by atoms with E-state index in [0.29, 0.717) is 40.4 Å². The average Bonchev–Trinajstić information content (AvgIpc) is 3.17. The Hall–Kier alpha value is -3.71.